The van der Waals surface area contributed by atoms with Crippen LogP contribution in [0.15, 0.2) is 60.7 Å². The third-order valence-electron chi connectivity index (χ3n) is 10.3. The van der Waals surface area contributed by atoms with Crippen molar-refractivity contribution >= 4 is 56.3 Å². The second kappa shape index (κ2) is 29.5. The molecule has 2 amide bonds. The van der Waals surface area contributed by atoms with Crippen LogP contribution in [-0.4, -0.2) is 102 Å². The molecule has 2 aliphatic rings. The minimum atomic E-state index is -1.01. The van der Waals surface area contributed by atoms with Gasteiger partial charge in [0.15, 0.2) is 5.78 Å². The largest absolute Gasteiger partial charge is 0.520 e. The smallest absolute Gasteiger partial charge is 0.480 e. The molecule has 58 heavy (non-hydrogen) atoms. The highest BCUT2D eigenvalue weighted by Gasteiger charge is 2.38. The number of carboxylic acid groups (broad SMARTS) is 1. The Morgan fingerprint density at radius 1 is 0.707 bits per heavy atom. The number of nitrogens with one attached hydrogen (secondary N) is 2. The van der Waals surface area contributed by atoms with Gasteiger partial charge in [-0.1, -0.05) is 87.4 Å². The van der Waals surface area contributed by atoms with Crippen LogP contribution in [0.2, 0.25) is 5.82 Å². The Kier molecular flexibility index (Phi) is 27.1. The summed E-state index contributed by atoms with van der Waals surface area (Å²) < 4.78 is 21.1. The number of rotatable bonds is 24. The lowest BCUT2D eigenvalue weighted by Crippen LogP contribution is -2.69. The Bertz CT molecular complexity index is 1450. The molecule has 8 atom stereocenters. The predicted molar refractivity (Wildman–Crippen MR) is 240 cm³/mol. The first-order chi connectivity index (χ1) is 27.3. The third kappa shape index (κ3) is 21.0. The van der Waals surface area contributed by atoms with Crippen molar-refractivity contribution in [3.63, 3.8) is 0 Å². The van der Waals surface area contributed by atoms with E-state index in [0.29, 0.717) is 37.5 Å². The lowest BCUT2D eigenvalue weighted by molar-refractivity contribution is -0.400. The van der Waals surface area contributed by atoms with Crippen molar-refractivity contribution in [2.45, 2.75) is 95.5 Å². The summed E-state index contributed by atoms with van der Waals surface area (Å²) >= 11 is 0. The first-order valence-corrected chi connectivity index (χ1v) is 21.7. The number of hydrogen-bond donors (Lipinski definition) is 4. The zero-order valence-corrected chi connectivity index (χ0v) is 38.2. The second-order valence-electron chi connectivity index (χ2n) is 15.3. The zero-order valence-electron chi connectivity index (χ0n) is 35.9. The van der Waals surface area contributed by atoms with Crippen LogP contribution in [0.25, 0.3) is 0 Å². The van der Waals surface area contributed by atoms with Crippen molar-refractivity contribution in [2.24, 2.45) is 23.7 Å². The van der Waals surface area contributed by atoms with E-state index in [1.807, 2.05) is 67.6 Å². The van der Waals surface area contributed by atoms with Crippen LogP contribution in [-0.2, 0) is 50.6 Å². The number of Topliss-reactive ketones (excluding diaryl/α,β-unsaturated/α-hetero) is 1. The van der Waals surface area contributed by atoms with Crippen molar-refractivity contribution in [1.29, 1.82) is 0 Å². The van der Waals surface area contributed by atoms with Gasteiger partial charge in [0.2, 0.25) is 11.8 Å². The first kappa shape index (κ1) is 53.3. The average Bonchev–Trinajstić information content (AvgIpc) is 4.17. The summed E-state index contributed by atoms with van der Waals surface area (Å²) in [5.74, 6) is 0.209. The maximum absolute atomic E-state index is 13.2. The molecule has 6 N–H and O–H groups in total. The Balaban J connectivity index is 0.000000479. The van der Waals surface area contributed by atoms with E-state index < -0.39 is 25.2 Å². The lowest BCUT2D eigenvalue weighted by Gasteiger charge is -2.24. The minimum absolute atomic E-state index is 0. The van der Waals surface area contributed by atoms with Gasteiger partial charge in [-0.05, 0) is 61.0 Å². The highest BCUT2D eigenvalue weighted by molar-refractivity contribution is 7.16. The van der Waals surface area contributed by atoms with E-state index in [2.05, 4.69) is 34.8 Å². The SMILES string of the molecule is CC(CP)C(=O)NC(Cc1ccccc1)C(=O)O.COB(OC)C(CC(=O)C(Cc1ccccc1)NC(=O)C(C)CP)CC1CC1.COB(OC)C([NH3+])CC1CC1.[CH3-]. The number of aliphatic carboxylic acids is 1. The van der Waals surface area contributed by atoms with Crippen LogP contribution in [0.5, 0.6) is 0 Å². The Morgan fingerprint density at radius 3 is 1.48 bits per heavy atom. The number of carbonyl (C=O) groups is 4. The number of carboxylic acids is 1. The van der Waals surface area contributed by atoms with E-state index in [-0.39, 0.29) is 55.7 Å². The fourth-order valence-electron chi connectivity index (χ4n) is 6.32. The number of carbonyl (C=O) groups excluding carboxylic acids is 3. The Morgan fingerprint density at radius 2 is 1.10 bits per heavy atom. The van der Waals surface area contributed by atoms with Gasteiger partial charge in [-0.25, -0.2) is 4.79 Å². The molecule has 2 aromatic carbocycles. The molecule has 0 radical (unpaired) electrons. The summed E-state index contributed by atoms with van der Waals surface area (Å²) in [5, 5.41) is 14.7. The highest BCUT2D eigenvalue weighted by Crippen LogP contribution is 2.40. The predicted octanol–water partition coefficient (Wildman–Crippen LogP) is 4.61. The van der Waals surface area contributed by atoms with E-state index in [0.717, 1.165) is 29.9 Å². The Labute approximate surface area is 353 Å². The quantitative estimate of drug-likeness (QED) is 0.0668. The molecule has 2 aromatic rings. The number of ketones is 1. The van der Waals surface area contributed by atoms with E-state index in [1.54, 1.807) is 35.4 Å². The molecule has 2 aliphatic carbocycles. The van der Waals surface area contributed by atoms with Crippen molar-refractivity contribution in [3.05, 3.63) is 79.2 Å². The third-order valence-corrected chi connectivity index (χ3v) is 11.7. The van der Waals surface area contributed by atoms with Crippen LogP contribution >= 0.6 is 18.5 Å². The van der Waals surface area contributed by atoms with E-state index in [4.69, 9.17) is 23.7 Å². The van der Waals surface area contributed by atoms with Crippen LogP contribution < -0.4 is 16.4 Å². The summed E-state index contributed by atoms with van der Waals surface area (Å²) in [7, 11) is 11.1. The first-order valence-electron chi connectivity index (χ1n) is 20.1. The van der Waals surface area contributed by atoms with Gasteiger partial charge in [-0.2, -0.15) is 0 Å². The number of amides is 2. The van der Waals surface area contributed by atoms with Gasteiger partial charge < -0.3 is 47.5 Å². The average molecular weight is 846 g/mol. The van der Waals surface area contributed by atoms with Gasteiger partial charge in [-0.15, -0.1) is 18.5 Å². The van der Waals surface area contributed by atoms with Crippen molar-refractivity contribution < 1.29 is 48.6 Å². The molecule has 12 nitrogen and oxygen atoms in total. The fourth-order valence-corrected chi connectivity index (χ4v) is 6.74. The number of quaternary nitrogens is 1. The summed E-state index contributed by atoms with van der Waals surface area (Å²) in [4.78, 5) is 48.5. The molecule has 0 saturated heterocycles. The van der Waals surface area contributed by atoms with Gasteiger partial charge in [-0.3, -0.25) is 14.4 Å². The molecule has 0 aliphatic heterocycles. The molecule has 2 saturated carbocycles. The molecule has 0 heterocycles. The lowest BCUT2D eigenvalue weighted by atomic mass is 9.66. The molecule has 0 bridgehead atoms. The standard InChI is InChI=1S/C21H33BNO4P.C13H18NO3P.C7H16BNO2.CH3/c1-15(14-28)21(25)23-19(12-16-7-5-4-6-8-16)20(24)13-18(11-17-9-10-17)22(26-2)27-3;1-9(8-18)12(15)14-11(13(16)17)7-10-5-3-2-4-6-10;1-10-8(11-2)7(9)5-6-3-4-6;/h4-8,15,17-19H,9-14,28H2,1-3H3,(H,23,25);2-6,9,11H,7-8,18H2,1H3,(H,14,15)(H,16,17);6-7H,3-5,9H2,1-2H3;1H3/q;;;-1/p+1. The highest BCUT2D eigenvalue weighted by atomic mass is 31.0. The molecule has 324 valence electrons. The monoisotopic (exact) mass is 845 g/mol. The Hall–Kier alpha value is -2.69. The summed E-state index contributed by atoms with van der Waals surface area (Å²) in [5.41, 5.74) is 5.94. The van der Waals surface area contributed by atoms with Crippen molar-refractivity contribution in [1.82, 2.24) is 10.6 Å². The second-order valence-corrected chi connectivity index (χ2v) is 16.3. The summed E-state index contributed by atoms with van der Waals surface area (Å²) in [6, 6.07) is 17.7. The van der Waals surface area contributed by atoms with Gasteiger partial charge >= 0.3 is 20.2 Å². The van der Waals surface area contributed by atoms with Crippen molar-refractivity contribution in [2.75, 3.05) is 40.8 Å². The van der Waals surface area contributed by atoms with Gasteiger partial charge in [0.25, 0.3) is 0 Å². The van der Waals surface area contributed by atoms with E-state index >= 15 is 0 Å². The molecule has 2 fully saturated rings. The maximum atomic E-state index is 13.2. The molecule has 0 aromatic heterocycles. The van der Waals surface area contributed by atoms with Gasteiger partial charge in [0.05, 0.1) is 6.04 Å². The van der Waals surface area contributed by atoms with E-state index in [9.17, 15) is 19.2 Å². The minimum Gasteiger partial charge on any atom is -0.480 e. The normalized spacial score (nSPS) is 16.2. The van der Waals surface area contributed by atoms with E-state index in [1.165, 1.54) is 25.7 Å². The van der Waals surface area contributed by atoms with Gasteiger partial charge in [0.1, 0.15) is 12.0 Å². The topological polar surface area (TPSA) is 177 Å². The molecular weight excluding hydrogens is 774 g/mol. The molecule has 16 heteroatoms. The molecule has 8 unspecified atom stereocenters. The van der Waals surface area contributed by atoms with Gasteiger partial charge in [0, 0.05) is 65.4 Å². The number of hydrogen-bond acceptors (Lipinski definition) is 8. The van der Waals surface area contributed by atoms with Crippen LogP contribution in [0.1, 0.15) is 69.9 Å². The molecular formula is C42H71B2N3O9P2. The van der Waals surface area contributed by atoms with Crippen molar-refractivity contribution in [3.8, 4) is 0 Å². The maximum Gasteiger partial charge on any atom is 0.520 e. The molecule has 0 spiro atoms. The summed E-state index contributed by atoms with van der Waals surface area (Å²) in [6.45, 7) is 3.64. The van der Waals surface area contributed by atoms with Crippen LogP contribution in [0.3, 0.4) is 0 Å². The van der Waals surface area contributed by atoms with Crippen LogP contribution in [0, 0.1) is 31.1 Å². The fraction of sp³-hybridized carbons (Fsp3) is 0.595. The number of benzene rings is 2. The summed E-state index contributed by atoms with van der Waals surface area (Å²) in [6.07, 6.45) is 9.64. The zero-order chi connectivity index (χ0) is 42.3. The molecule has 4 rings (SSSR count). The van der Waals surface area contributed by atoms with Crippen LogP contribution in [0.4, 0.5) is 0 Å².